The molecule has 3 nitrogen and oxygen atoms in total. The Hall–Kier alpha value is -0.870. The van der Waals surface area contributed by atoms with Crippen molar-refractivity contribution in [1.82, 2.24) is 10.2 Å². The van der Waals surface area contributed by atoms with Crippen molar-refractivity contribution in [3.8, 4) is 0 Å². The van der Waals surface area contributed by atoms with E-state index in [0.717, 1.165) is 31.1 Å². The Kier molecular flexibility index (Phi) is 4.23. The molecule has 1 aromatic heterocycles. The standard InChI is InChI=1S/C18H26N2OS/c21-18(15-10-17(22-12-15)14-7-8-19-11-14)20-9-3-5-13-4-1-2-6-16(13)20/h10,12-14,16,19H,1-9,11H2/t13-,14?,16-/m1/s1. The summed E-state index contributed by atoms with van der Waals surface area (Å²) < 4.78 is 0. The molecule has 3 fully saturated rings. The van der Waals surface area contributed by atoms with Crippen LogP contribution in [-0.2, 0) is 0 Å². The molecule has 22 heavy (non-hydrogen) atoms. The first-order chi connectivity index (χ1) is 10.8. The number of fused-ring (bicyclic) bond motifs is 1. The van der Waals surface area contributed by atoms with Gasteiger partial charge in [0, 0.05) is 35.3 Å². The second-order valence-electron chi connectivity index (χ2n) is 7.18. The Bertz CT molecular complexity index is 533. The van der Waals surface area contributed by atoms with E-state index in [-0.39, 0.29) is 0 Å². The molecule has 3 atom stereocenters. The topological polar surface area (TPSA) is 32.3 Å². The fraction of sp³-hybridized carbons (Fsp3) is 0.722. The van der Waals surface area contributed by atoms with Crippen molar-refractivity contribution in [3.63, 3.8) is 0 Å². The number of hydrogen-bond acceptors (Lipinski definition) is 3. The summed E-state index contributed by atoms with van der Waals surface area (Å²) in [5, 5.41) is 5.52. The van der Waals surface area contributed by atoms with Gasteiger partial charge in [0.1, 0.15) is 0 Å². The van der Waals surface area contributed by atoms with Crippen LogP contribution in [0.3, 0.4) is 0 Å². The summed E-state index contributed by atoms with van der Waals surface area (Å²) in [4.78, 5) is 16.6. The molecule has 2 saturated heterocycles. The molecule has 0 bridgehead atoms. The van der Waals surface area contributed by atoms with E-state index >= 15 is 0 Å². The summed E-state index contributed by atoms with van der Waals surface area (Å²) in [6, 6.07) is 2.70. The number of nitrogens with zero attached hydrogens (tertiary/aromatic N) is 1. The number of thiophene rings is 1. The van der Waals surface area contributed by atoms with Crippen LogP contribution in [0.4, 0.5) is 0 Å². The van der Waals surface area contributed by atoms with Crippen molar-refractivity contribution in [2.45, 2.75) is 56.9 Å². The molecule has 1 aromatic rings. The number of amides is 1. The summed E-state index contributed by atoms with van der Waals surface area (Å²) >= 11 is 1.78. The fourth-order valence-corrected chi connectivity index (χ4v) is 5.64. The van der Waals surface area contributed by atoms with Crippen LogP contribution >= 0.6 is 11.3 Å². The maximum atomic E-state index is 13.0. The minimum Gasteiger partial charge on any atom is -0.335 e. The van der Waals surface area contributed by atoms with Gasteiger partial charge in [-0.3, -0.25) is 4.79 Å². The summed E-state index contributed by atoms with van der Waals surface area (Å²) in [6.07, 6.45) is 8.95. The first-order valence-corrected chi connectivity index (χ1v) is 9.81. The molecule has 1 saturated carbocycles. The molecular formula is C18H26N2OS. The zero-order chi connectivity index (χ0) is 14.9. The van der Waals surface area contributed by atoms with Gasteiger partial charge in [-0.2, -0.15) is 0 Å². The molecule has 0 aromatic carbocycles. The number of likely N-dealkylation sites (tertiary alicyclic amines) is 1. The van der Waals surface area contributed by atoms with Crippen LogP contribution in [0.2, 0.25) is 0 Å². The SMILES string of the molecule is O=C(c1csc(C2CCNC2)c1)N1CCC[C@H]2CCCC[C@H]21. The zero-order valence-electron chi connectivity index (χ0n) is 13.2. The summed E-state index contributed by atoms with van der Waals surface area (Å²) in [7, 11) is 0. The lowest BCUT2D eigenvalue weighted by molar-refractivity contribution is 0.0391. The second kappa shape index (κ2) is 6.32. The number of hydrogen-bond donors (Lipinski definition) is 1. The lowest BCUT2D eigenvalue weighted by atomic mass is 9.78. The molecule has 3 heterocycles. The predicted molar refractivity (Wildman–Crippen MR) is 90.6 cm³/mol. The van der Waals surface area contributed by atoms with Gasteiger partial charge in [0.2, 0.25) is 0 Å². The molecule has 1 unspecified atom stereocenters. The molecule has 3 aliphatic rings. The third-order valence-electron chi connectivity index (χ3n) is 5.83. The van der Waals surface area contributed by atoms with Crippen molar-refractivity contribution in [2.24, 2.45) is 5.92 Å². The van der Waals surface area contributed by atoms with Crippen molar-refractivity contribution >= 4 is 17.2 Å². The highest BCUT2D eigenvalue weighted by Gasteiger charge is 2.36. The highest BCUT2D eigenvalue weighted by molar-refractivity contribution is 7.10. The van der Waals surface area contributed by atoms with Gasteiger partial charge in [-0.1, -0.05) is 12.8 Å². The number of nitrogens with one attached hydrogen (secondary N) is 1. The van der Waals surface area contributed by atoms with Gasteiger partial charge < -0.3 is 10.2 Å². The van der Waals surface area contributed by atoms with E-state index in [1.165, 1.54) is 49.8 Å². The third-order valence-corrected chi connectivity index (χ3v) is 6.93. The van der Waals surface area contributed by atoms with E-state index in [9.17, 15) is 4.79 Å². The van der Waals surface area contributed by atoms with E-state index < -0.39 is 0 Å². The third kappa shape index (κ3) is 2.71. The lowest BCUT2D eigenvalue weighted by Crippen LogP contribution is -2.49. The van der Waals surface area contributed by atoms with Crippen LogP contribution in [0, 0.1) is 5.92 Å². The van der Waals surface area contributed by atoms with Crippen molar-refractivity contribution in [1.29, 1.82) is 0 Å². The molecule has 1 N–H and O–H groups in total. The molecule has 4 heteroatoms. The van der Waals surface area contributed by atoms with Crippen LogP contribution in [-0.4, -0.2) is 36.5 Å². The van der Waals surface area contributed by atoms with Crippen LogP contribution < -0.4 is 5.32 Å². The zero-order valence-corrected chi connectivity index (χ0v) is 14.0. The lowest BCUT2D eigenvalue weighted by Gasteiger charge is -2.44. The Morgan fingerprint density at radius 2 is 2.05 bits per heavy atom. The van der Waals surface area contributed by atoms with Gasteiger partial charge >= 0.3 is 0 Å². The largest absolute Gasteiger partial charge is 0.335 e. The van der Waals surface area contributed by atoms with Gasteiger partial charge in [-0.15, -0.1) is 11.3 Å². The maximum absolute atomic E-state index is 13.0. The van der Waals surface area contributed by atoms with Gasteiger partial charge in [0.15, 0.2) is 0 Å². The second-order valence-corrected chi connectivity index (χ2v) is 8.12. The molecule has 0 radical (unpaired) electrons. The van der Waals surface area contributed by atoms with E-state index in [1.807, 2.05) is 0 Å². The highest BCUT2D eigenvalue weighted by atomic mass is 32.1. The Morgan fingerprint density at radius 1 is 1.18 bits per heavy atom. The molecule has 0 spiro atoms. The normalized spacial score (nSPS) is 32.0. The predicted octanol–water partition coefficient (Wildman–Crippen LogP) is 3.62. The Morgan fingerprint density at radius 3 is 2.91 bits per heavy atom. The van der Waals surface area contributed by atoms with Gasteiger partial charge in [-0.05, 0) is 50.6 Å². The molecule has 4 rings (SSSR count). The molecule has 2 aliphatic heterocycles. The fourth-order valence-electron chi connectivity index (χ4n) is 4.62. The van der Waals surface area contributed by atoms with E-state index in [0.29, 0.717) is 17.9 Å². The van der Waals surface area contributed by atoms with Crippen molar-refractivity contribution in [3.05, 3.63) is 21.9 Å². The van der Waals surface area contributed by atoms with Crippen LogP contribution in [0.5, 0.6) is 0 Å². The van der Waals surface area contributed by atoms with Crippen molar-refractivity contribution in [2.75, 3.05) is 19.6 Å². The molecule has 1 amide bonds. The van der Waals surface area contributed by atoms with E-state index in [4.69, 9.17) is 0 Å². The van der Waals surface area contributed by atoms with Gasteiger partial charge in [0.25, 0.3) is 5.91 Å². The van der Waals surface area contributed by atoms with E-state index in [1.54, 1.807) is 11.3 Å². The molecule has 120 valence electrons. The number of carbonyl (C=O) groups excluding carboxylic acids is 1. The Labute approximate surface area is 137 Å². The number of piperidine rings is 1. The average Bonchev–Trinajstić information content (AvgIpc) is 3.24. The molecular weight excluding hydrogens is 292 g/mol. The summed E-state index contributed by atoms with van der Waals surface area (Å²) in [5.74, 6) is 1.68. The van der Waals surface area contributed by atoms with Crippen LogP contribution in [0.15, 0.2) is 11.4 Å². The number of rotatable bonds is 2. The first kappa shape index (κ1) is 14.7. The maximum Gasteiger partial charge on any atom is 0.254 e. The minimum absolute atomic E-state index is 0.296. The summed E-state index contributed by atoms with van der Waals surface area (Å²) in [6.45, 7) is 3.15. The number of carbonyl (C=O) groups is 1. The monoisotopic (exact) mass is 318 g/mol. The molecule has 1 aliphatic carbocycles. The van der Waals surface area contributed by atoms with Crippen LogP contribution in [0.25, 0.3) is 0 Å². The minimum atomic E-state index is 0.296. The van der Waals surface area contributed by atoms with Gasteiger partial charge in [0.05, 0.1) is 5.56 Å². The smallest absolute Gasteiger partial charge is 0.254 e. The quantitative estimate of drug-likeness (QED) is 0.903. The van der Waals surface area contributed by atoms with Crippen LogP contribution in [0.1, 0.15) is 66.1 Å². The van der Waals surface area contributed by atoms with Crippen molar-refractivity contribution < 1.29 is 4.79 Å². The average molecular weight is 318 g/mol. The Balaban J connectivity index is 1.50. The first-order valence-electron chi connectivity index (χ1n) is 8.93. The van der Waals surface area contributed by atoms with E-state index in [2.05, 4.69) is 21.7 Å². The highest BCUT2D eigenvalue weighted by Crippen LogP contribution is 2.36. The van der Waals surface area contributed by atoms with Gasteiger partial charge in [-0.25, -0.2) is 0 Å². The summed E-state index contributed by atoms with van der Waals surface area (Å²) in [5.41, 5.74) is 0.943.